The van der Waals surface area contributed by atoms with Crippen LogP contribution < -0.4 is 4.72 Å². The molecule has 4 rings (SSSR count). The van der Waals surface area contributed by atoms with E-state index in [-0.39, 0.29) is 11.0 Å². The van der Waals surface area contributed by atoms with E-state index in [2.05, 4.69) is 6.08 Å². The topological polar surface area (TPSA) is 51.1 Å². The molecule has 0 saturated heterocycles. The van der Waals surface area contributed by atoms with Gasteiger partial charge in [0.05, 0.1) is 5.25 Å². The van der Waals surface area contributed by atoms with Gasteiger partial charge in [-0.2, -0.15) is 17.9 Å². The Morgan fingerprint density at radius 3 is 2.41 bits per heavy atom. The Labute approximate surface area is 187 Å². The molecule has 1 aromatic heterocycles. The predicted molar refractivity (Wildman–Crippen MR) is 122 cm³/mol. The van der Waals surface area contributed by atoms with Gasteiger partial charge in [-0.1, -0.05) is 45.4 Å². The minimum atomic E-state index is -4.75. The minimum absolute atomic E-state index is 0.0356. The van der Waals surface area contributed by atoms with E-state index < -0.39 is 27.5 Å². The van der Waals surface area contributed by atoms with Crippen molar-refractivity contribution in [1.82, 2.24) is 9.29 Å². The molecule has 0 aliphatic heterocycles. The van der Waals surface area contributed by atoms with Crippen molar-refractivity contribution in [3.63, 3.8) is 0 Å². The first-order valence-electron chi connectivity index (χ1n) is 11.3. The third kappa shape index (κ3) is 4.76. The number of hydrogen-bond donors (Lipinski definition) is 1. The van der Waals surface area contributed by atoms with Crippen LogP contribution in [0, 0.1) is 5.41 Å². The molecule has 32 heavy (non-hydrogen) atoms. The van der Waals surface area contributed by atoms with Crippen molar-refractivity contribution in [2.75, 3.05) is 0 Å². The molecule has 4 nitrogen and oxygen atoms in total. The molecule has 1 heterocycles. The predicted octanol–water partition coefficient (Wildman–Crippen LogP) is 6.33. The van der Waals surface area contributed by atoms with E-state index in [9.17, 15) is 21.6 Å². The molecule has 1 aromatic carbocycles. The molecule has 1 saturated carbocycles. The van der Waals surface area contributed by atoms with E-state index in [0.717, 1.165) is 31.2 Å². The lowest BCUT2D eigenvalue weighted by Crippen LogP contribution is -2.44. The maximum atomic E-state index is 14.2. The van der Waals surface area contributed by atoms with Crippen LogP contribution in [0.5, 0.6) is 0 Å². The zero-order valence-electron chi connectivity index (χ0n) is 18.8. The molecule has 2 aliphatic carbocycles. The maximum absolute atomic E-state index is 14.2. The summed E-state index contributed by atoms with van der Waals surface area (Å²) in [6, 6.07) is 3.26. The van der Waals surface area contributed by atoms with E-state index in [4.69, 9.17) is 0 Å². The average molecular weight is 469 g/mol. The van der Waals surface area contributed by atoms with Crippen molar-refractivity contribution in [3.8, 4) is 0 Å². The molecule has 8 heteroatoms. The average Bonchev–Trinajstić information content (AvgIpc) is 3.24. The quantitative estimate of drug-likeness (QED) is 0.539. The molecule has 0 amide bonds. The van der Waals surface area contributed by atoms with Crippen molar-refractivity contribution < 1.29 is 21.6 Å². The summed E-state index contributed by atoms with van der Waals surface area (Å²) in [6.07, 6.45) is 3.53. The molecular weight excluding hydrogens is 437 g/mol. The standard InChI is InChI=1S/C24H31F3N2O2S/c1-23(2,3)15-29-14-20(19-12-11-17(13-21(19)29)16-7-4-5-8-16)22(24(25,26)27)28-32(30,31)18-9-6-10-18/h7,11-14,18,22,28H,4-6,8-10,15H2,1-3H3/t22-/m0/s1. The molecule has 0 radical (unpaired) electrons. The van der Waals surface area contributed by atoms with Crippen LogP contribution in [0.1, 0.15) is 76.5 Å². The number of hydrogen-bond acceptors (Lipinski definition) is 2. The molecule has 0 spiro atoms. The third-order valence-electron chi connectivity index (χ3n) is 6.38. The number of alkyl halides is 3. The molecule has 1 atom stereocenters. The SMILES string of the molecule is CC(C)(C)Cn1cc([C@H](NS(=O)(=O)C2CCC2)C(F)(F)F)c2ccc(C3=CCCC3)cc21. The van der Waals surface area contributed by atoms with Gasteiger partial charge in [-0.05, 0) is 54.7 Å². The number of benzene rings is 1. The van der Waals surface area contributed by atoms with Gasteiger partial charge in [-0.3, -0.25) is 0 Å². The molecule has 176 valence electrons. The van der Waals surface area contributed by atoms with Crippen LogP contribution in [0.4, 0.5) is 13.2 Å². The highest BCUT2D eigenvalue weighted by Crippen LogP contribution is 2.41. The molecule has 2 aromatic rings. The van der Waals surface area contributed by atoms with Crippen molar-refractivity contribution in [2.24, 2.45) is 5.41 Å². The first-order chi connectivity index (χ1) is 14.9. The van der Waals surface area contributed by atoms with Crippen LogP contribution in [0.2, 0.25) is 0 Å². The summed E-state index contributed by atoms with van der Waals surface area (Å²) in [5.41, 5.74) is 2.75. The second kappa shape index (κ2) is 8.20. The largest absolute Gasteiger partial charge is 0.408 e. The Morgan fingerprint density at radius 1 is 1.16 bits per heavy atom. The summed E-state index contributed by atoms with van der Waals surface area (Å²) in [6.45, 7) is 6.61. The number of fused-ring (bicyclic) bond motifs is 1. The summed E-state index contributed by atoms with van der Waals surface area (Å²) < 4.78 is 71.6. The van der Waals surface area contributed by atoms with Gasteiger partial charge in [0, 0.05) is 29.2 Å². The van der Waals surface area contributed by atoms with Crippen molar-refractivity contribution in [2.45, 2.75) is 83.3 Å². The van der Waals surface area contributed by atoms with Gasteiger partial charge in [0.1, 0.15) is 6.04 Å². The Morgan fingerprint density at radius 2 is 1.88 bits per heavy atom. The highest BCUT2D eigenvalue weighted by atomic mass is 32.2. The number of aromatic nitrogens is 1. The number of nitrogens with one attached hydrogen (secondary N) is 1. The van der Waals surface area contributed by atoms with Crippen LogP contribution in [0.25, 0.3) is 16.5 Å². The lowest BCUT2D eigenvalue weighted by atomic mass is 9.96. The lowest BCUT2D eigenvalue weighted by molar-refractivity contribution is -0.152. The highest BCUT2D eigenvalue weighted by molar-refractivity contribution is 7.90. The Kier molecular flexibility index (Phi) is 5.99. The van der Waals surface area contributed by atoms with Gasteiger partial charge < -0.3 is 4.57 Å². The van der Waals surface area contributed by atoms with Gasteiger partial charge in [-0.15, -0.1) is 0 Å². The van der Waals surface area contributed by atoms with Crippen LogP contribution in [0.3, 0.4) is 0 Å². The Balaban J connectivity index is 1.83. The molecule has 1 N–H and O–H groups in total. The molecule has 2 aliphatic rings. The molecular formula is C24H31F3N2O2S. The molecule has 0 bridgehead atoms. The first-order valence-corrected chi connectivity index (χ1v) is 12.8. The number of rotatable bonds is 6. The summed E-state index contributed by atoms with van der Waals surface area (Å²) in [5.74, 6) is 0. The second-order valence-corrected chi connectivity index (χ2v) is 12.3. The molecule has 0 unspecified atom stereocenters. The van der Waals surface area contributed by atoms with Crippen LogP contribution in [-0.2, 0) is 16.6 Å². The number of allylic oxidation sites excluding steroid dienone is 2. The van der Waals surface area contributed by atoms with E-state index >= 15 is 0 Å². The van der Waals surface area contributed by atoms with Gasteiger partial charge in [0.25, 0.3) is 0 Å². The summed E-state index contributed by atoms with van der Waals surface area (Å²) in [7, 11) is -4.06. The van der Waals surface area contributed by atoms with Gasteiger partial charge in [0.15, 0.2) is 0 Å². The summed E-state index contributed by atoms with van der Waals surface area (Å²) in [4.78, 5) is 0. The molecule has 1 fully saturated rings. The number of nitrogens with zero attached hydrogens (tertiary/aromatic N) is 1. The van der Waals surface area contributed by atoms with Crippen molar-refractivity contribution >= 4 is 26.5 Å². The van der Waals surface area contributed by atoms with Gasteiger partial charge in [0.2, 0.25) is 10.0 Å². The van der Waals surface area contributed by atoms with E-state index in [0.29, 0.717) is 30.3 Å². The Bertz CT molecular complexity index is 1140. The summed E-state index contributed by atoms with van der Waals surface area (Å²) >= 11 is 0. The smallest absolute Gasteiger partial charge is 0.347 e. The van der Waals surface area contributed by atoms with E-state index in [1.165, 1.54) is 11.8 Å². The Hall–Kier alpha value is -1.80. The lowest BCUT2D eigenvalue weighted by Gasteiger charge is -2.29. The number of sulfonamides is 1. The second-order valence-electron chi connectivity index (χ2n) is 10.3. The van der Waals surface area contributed by atoms with Crippen molar-refractivity contribution in [3.05, 3.63) is 41.6 Å². The van der Waals surface area contributed by atoms with Gasteiger partial charge >= 0.3 is 6.18 Å². The number of halogens is 3. The third-order valence-corrected chi connectivity index (χ3v) is 8.29. The van der Waals surface area contributed by atoms with Crippen LogP contribution in [0.15, 0.2) is 30.5 Å². The summed E-state index contributed by atoms with van der Waals surface area (Å²) in [5, 5.41) is -0.300. The van der Waals surface area contributed by atoms with Gasteiger partial charge in [-0.25, -0.2) is 8.42 Å². The van der Waals surface area contributed by atoms with Crippen LogP contribution in [-0.4, -0.2) is 24.4 Å². The fourth-order valence-corrected chi connectivity index (χ4v) is 6.31. The monoisotopic (exact) mass is 468 g/mol. The normalized spacial score (nSPS) is 19.2. The zero-order valence-corrected chi connectivity index (χ0v) is 19.6. The fraction of sp³-hybridized carbons (Fsp3) is 0.583. The minimum Gasteiger partial charge on any atom is -0.347 e. The van der Waals surface area contributed by atoms with E-state index in [1.54, 1.807) is 6.07 Å². The van der Waals surface area contributed by atoms with Crippen LogP contribution >= 0.6 is 0 Å². The fourth-order valence-electron chi connectivity index (χ4n) is 4.57. The zero-order chi connectivity index (χ0) is 23.3. The highest BCUT2D eigenvalue weighted by Gasteiger charge is 2.46. The maximum Gasteiger partial charge on any atom is 0.408 e. The van der Waals surface area contributed by atoms with Crippen molar-refractivity contribution in [1.29, 1.82) is 0 Å². The van der Waals surface area contributed by atoms with E-state index in [1.807, 2.05) is 42.2 Å². The first kappa shape index (κ1) is 23.4.